The third-order valence-corrected chi connectivity index (χ3v) is 1.29. The van der Waals surface area contributed by atoms with Gasteiger partial charge in [-0.25, -0.2) is 4.79 Å². The Morgan fingerprint density at radius 2 is 2.18 bits per heavy atom. The molecule has 4 amide bonds. The van der Waals surface area contributed by atoms with E-state index >= 15 is 0 Å². The Hall–Kier alpha value is -1.59. The smallest absolute Gasteiger partial charge is 0.322 e. The molecule has 1 rings (SSSR count). The van der Waals surface area contributed by atoms with E-state index in [2.05, 4.69) is 5.32 Å². The van der Waals surface area contributed by atoms with Crippen molar-refractivity contribution in [2.24, 2.45) is 5.73 Å². The molecule has 11 heavy (non-hydrogen) atoms. The zero-order chi connectivity index (χ0) is 8.43. The topological polar surface area (TPSA) is 101 Å². The van der Waals surface area contributed by atoms with Crippen molar-refractivity contribution >= 4 is 17.8 Å². The van der Waals surface area contributed by atoms with Crippen LogP contribution < -0.4 is 16.4 Å². The maximum atomic E-state index is 10.6. The summed E-state index contributed by atoms with van der Waals surface area (Å²) in [6.07, 6.45) is -0.0823. The number of carbonyl (C=O) groups is 3. The average Bonchev–Trinajstić information content (AvgIpc) is 1.85. The van der Waals surface area contributed by atoms with E-state index in [9.17, 15) is 14.4 Å². The number of carbonyl (C=O) groups excluding carboxylic acids is 3. The quantitative estimate of drug-likeness (QED) is 0.413. The zero-order valence-corrected chi connectivity index (χ0v) is 5.59. The van der Waals surface area contributed by atoms with Crippen LogP contribution in [0.4, 0.5) is 4.79 Å². The van der Waals surface area contributed by atoms with E-state index < -0.39 is 23.9 Å². The van der Waals surface area contributed by atoms with Crippen molar-refractivity contribution in [1.29, 1.82) is 0 Å². The molecule has 1 saturated heterocycles. The number of nitrogens with two attached hydrogens (primary N) is 1. The van der Waals surface area contributed by atoms with Crippen molar-refractivity contribution in [3.63, 3.8) is 0 Å². The van der Waals surface area contributed by atoms with Crippen LogP contribution in [0.3, 0.4) is 0 Å². The summed E-state index contributed by atoms with van der Waals surface area (Å²) in [6.45, 7) is 0. The first kappa shape index (κ1) is 7.52. The van der Waals surface area contributed by atoms with Crippen LogP contribution in [-0.2, 0) is 9.59 Å². The summed E-state index contributed by atoms with van der Waals surface area (Å²) in [4.78, 5) is 31.6. The van der Waals surface area contributed by atoms with E-state index in [1.54, 1.807) is 0 Å². The highest BCUT2D eigenvalue weighted by atomic mass is 16.2. The van der Waals surface area contributed by atoms with Crippen LogP contribution in [-0.4, -0.2) is 23.9 Å². The van der Waals surface area contributed by atoms with Crippen molar-refractivity contribution < 1.29 is 14.4 Å². The summed E-state index contributed by atoms with van der Waals surface area (Å²) in [5, 5.41) is 4.17. The summed E-state index contributed by atoms with van der Waals surface area (Å²) < 4.78 is 0. The van der Waals surface area contributed by atoms with Crippen LogP contribution in [0, 0.1) is 0 Å². The summed E-state index contributed by atoms with van der Waals surface area (Å²) in [5.41, 5.74) is 4.86. The van der Waals surface area contributed by atoms with Gasteiger partial charge in [0, 0.05) is 0 Å². The SMILES string of the molecule is NC(=O)C1CC(=O)NC(=O)N1. The van der Waals surface area contributed by atoms with E-state index in [1.165, 1.54) is 0 Å². The zero-order valence-electron chi connectivity index (χ0n) is 5.59. The van der Waals surface area contributed by atoms with Crippen LogP contribution in [0.25, 0.3) is 0 Å². The van der Waals surface area contributed by atoms with Crippen LogP contribution in [0.15, 0.2) is 0 Å². The minimum absolute atomic E-state index is 0.0823. The summed E-state index contributed by atoms with van der Waals surface area (Å²) in [6, 6.07) is -1.54. The number of hydrogen-bond donors (Lipinski definition) is 3. The lowest BCUT2D eigenvalue weighted by atomic mass is 10.1. The minimum Gasteiger partial charge on any atom is -0.368 e. The molecule has 60 valence electrons. The lowest BCUT2D eigenvalue weighted by molar-refractivity contribution is -0.127. The molecule has 1 aliphatic heterocycles. The third kappa shape index (κ3) is 1.66. The first-order chi connectivity index (χ1) is 5.09. The molecule has 6 heteroatoms. The fourth-order valence-corrected chi connectivity index (χ4v) is 0.780. The molecule has 0 radical (unpaired) electrons. The molecule has 0 aliphatic carbocycles. The monoisotopic (exact) mass is 157 g/mol. The normalized spacial score (nSPS) is 23.8. The van der Waals surface area contributed by atoms with Gasteiger partial charge in [0.2, 0.25) is 11.8 Å². The van der Waals surface area contributed by atoms with E-state index in [0.29, 0.717) is 0 Å². The van der Waals surface area contributed by atoms with Gasteiger partial charge in [-0.15, -0.1) is 0 Å². The molecule has 1 heterocycles. The van der Waals surface area contributed by atoms with Crippen molar-refractivity contribution in [3.05, 3.63) is 0 Å². The molecule has 0 aromatic heterocycles. The Labute approximate surface area is 62.1 Å². The van der Waals surface area contributed by atoms with Crippen LogP contribution >= 0.6 is 0 Å². The fourth-order valence-electron chi connectivity index (χ4n) is 0.780. The Kier molecular flexibility index (Phi) is 1.75. The van der Waals surface area contributed by atoms with Gasteiger partial charge in [-0.05, 0) is 0 Å². The fraction of sp³-hybridized carbons (Fsp3) is 0.400. The van der Waals surface area contributed by atoms with Crippen molar-refractivity contribution in [1.82, 2.24) is 10.6 Å². The molecular weight excluding hydrogens is 150 g/mol. The lowest BCUT2D eigenvalue weighted by Gasteiger charge is -2.19. The molecule has 0 aromatic carbocycles. The third-order valence-electron chi connectivity index (χ3n) is 1.29. The number of nitrogens with one attached hydrogen (secondary N) is 2. The number of imide groups is 1. The number of urea groups is 1. The van der Waals surface area contributed by atoms with Crippen molar-refractivity contribution in [2.75, 3.05) is 0 Å². The van der Waals surface area contributed by atoms with Gasteiger partial charge in [0.15, 0.2) is 0 Å². The predicted molar refractivity (Wildman–Crippen MR) is 34.3 cm³/mol. The lowest BCUT2D eigenvalue weighted by Crippen LogP contribution is -2.56. The molecule has 1 fully saturated rings. The molecule has 1 unspecified atom stereocenters. The van der Waals surface area contributed by atoms with E-state index in [0.717, 1.165) is 0 Å². The number of primary amides is 1. The highest BCUT2D eigenvalue weighted by Gasteiger charge is 2.27. The maximum Gasteiger partial charge on any atom is 0.322 e. The highest BCUT2D eigenvalue weighted by Crippen LogP contribution is 1.95. The molecular formula is C5H7N3O3. The first-order valence-corrected chi connectivity index (χ1v) is 2.99. The van der Waals surface area contributed by atoms with Crippen LogP contribution in [0.2, 0.25) is 0 Å². The van der Waals surface area contributed by atoms with Gasteiger partial charge < -0.3 is 11.1 Å². The summed E-state index contributed by atoms with van der Waals surface area (Å²) in [7, 11) is 0. The standard InChI is InChI=1S/C5H7N3O3/c6-4(10)2-1-3(9)8-5(11)7-2/h2H,1H2,(H2,6,10)(H2,7,8,9,11). The molecule has 0 aromatic rings. The molecule has 0 spiro atoms. The second kappa shape index (κ2) is 2.57. The van der Waals surface area contributed by atoms with Gasteiger partial charge in [0.05, 0.1) is 6.42 Å². The van der Waals surface area contributed by atoms with Gasteiger partial charge in [-0.2, -0.15) is 0 Å². The molecule has 1 atom stereocenters. The molecule has 0 saturated carbocycles. The Balaban J connectivity index is 2.63. The van der Waals surface area contributed by atoms with Crippen LogP contribution in [0.1, 0.15) is 6.42 Å². The van der Waals surface area contributed by atoms with Gasteiger partial charge in [-0.1, -0.05) is 0 Å². The second-order valence-corrected chi connectivity index (χ2v) is 2.18. The van der Waals surface area contributed by atoms with Gasteiger partial charge >= 0.3 is 6.03 Å². The van der Waals surface area contributed by atoms with E-state index in [4.69, 9.17) is 5.73 Å². The van der Waals surface area contributed by atoms with Crippen LogP contribution in [0.5, 0.6) is 0 Å². The maximum absolute atomic E-state index is 10.6. The Morgan fingerprint density at radius 3 is 2.64 bits per heavy atom. The number of amides is 4. The molecule has 4 N–H and O–H groups in total. The van der Waals surface area contributed by atoms with Gasteiger partial charge in [0.25, 0.3) is 0 Å². The molecule has 1 aliphatic rings. The second-order valence-electron chi connectivity index (χ2n) is 2.18. The number of hydrogen-bond acceptors (Lipinski definition) is 3. The Bertz CT molecular complexity index is 209. The molecule has 6 nitrogen and oxygen atoms in total. The minimum atomic E-state index is -0.865. The number of rotatable bonds is 1. The van der Waals surface area contributed by atoms with Crippen molar-refractivity contribution in [2.45, 2.75) is 12.5 Å². The predicted octanol–water partition coefficient (Wildman–Crippen LogP) is -1.93. The Morgan fingerprint density at radius 1 is 1.55 bits per heavy atom. The largest absolute Gasteiger partial charge is 0.368 e. The van der Waals surface area contributed by atoms with Gasteiger partial charge in [-0.3, -0.25) is 14.9 Å². The average molecular weight is 157 g/mol. The van der Waals surface area contributed by atoms with Crippen molar-refractivity contribution in [3.8, 4) is 0 Å². The van der Waals surface area contributed by atoms with E-state index in [1.807, 2.05) is 5.32 Å². The first-order valence-electron chi connectivity index (χ1n) is 2.99. The molecule has 0 bridgehead atoms. The van der Waals surface area contributed by atoms with E-state index in [-0.39, 0.29) is 6.42 Å². The van der Waals surface area contributed by atoms with Gasteiger partial charge in [0.1, 0.15) is 6.04 Å². The highest BCUT2D eigenvalue weighted by molar-refractivity contribution is 6.02. The summed E-state index contributed by atoms with van der Waals surface area (Å²) >= 11 is 0. The summed E-state index contributed by atoms with van der Waals surface area (Å²) in [5.74, 6) is -1.19.